The van der Waals surface area contributed by atoms with Gasteiger partial charge in [-0.05, 0) is 31.9 Å². The predicted molar refractivity (Wildman–Crippen MR) is 68.9 cm³/mol. The summed E-state index contributed by atoms with van der Waals surface area (Å²) < 4.78 is 1.86. The molecule has 2 rings (SSSR count). The molecule has 0 aliphatic carbocycles. The van der Waals surface area contributed by atoms with E-state index in [0.29, 0.717) is 12.4 Å². The van der Waals surface area contributed by atoms with E-state index in [4.69, 9.17) is 5.11 Å². The molecule has 0 fully saturated rings. The Balaban J connectivity index is 2.31. The van der Waals surface area contributed by atoms with Gasteiger partial charge >= 0.3 is 5.97 Å². The number of aromatic nitrogens is 2. The molecule has 94 valence electrons. The van der Waals surface area contributed by atoms with Crippen LogP contribution >= 0.6 is 0 Å². The molecule has 18 heavy (non-hydrogen) atoms. The zero-order chi connectivity index (χ0) is 13.3. The van der Waals surface area contributed by atoms with Crippen molar-refractivity contribution in [3.8, 4) is 0 Å². The van der Waals surface area contributed by atoms with Gasteiger partial charge in [0.1, 0.15) is 5.82 Å². The Morgan fingerprint density at radius 2 is 2.06 bits per heavy atom. The highest BCUT2D eigenvalue weighted by molar-refractivity contribution is 5.85. The first-order chi connectivity index (χ1) is 8.47. The van der Waals surface area contributed by atoms with E-state index in [1.807, 2.05) is 11.5 Å². The third-order valence-electron chi connectivity index (χ3n) is 3.03. The van der Waals surface area contributed by atoms with Crippen molar-refractivity contribution in [3.63, 3.8) is 0 Å². The van der Waals surface area contributed by atoms with Crippen LogP contribution in [-0.2, 0) is 6.54 Å². The van der Waals surface area contributed by atoms with Crippen molar-refractivity contribution in [3.05, 3.63) is 52.6 Å². The number of rotatable bonds is 3. The Morgan fingerprint density at radius 1 is 1.33 bits per heavy atom. The number of hydrogen-bond acceptors (Lipinski definition) is 2. The van der Waals surface area contributed by atoms with Crippen molar-refractivity contribution in [1.29, 1.82) is 0 Å². The van der Waals surface area contributed by atoms with Gasteiger partial charge in [0.2, 0.25) is 0 Å². The smallest absolute Gasteiger partial charge is 0.356 e. The topological polar surface area (TPSA) is 55.1 Å². The highest BCUT2D eigenvalue weighted by Crippen LogP contribution is 2.14. The van der Waals surface area contributed by atoms with Gasteiger partial charge in [-0.2, -0.15) is 0 Å². The molecule has 0 radical (unpaired) electrons. The lowest BCUT2D eigenvalue weighted by atomic mass is 10.1. The standard InChI is InChI=1S/C14H16N2O2/c1-9-4-5-12(10(2)6-9)7-16-8-13(14(17)18)15-11(16)3/h4-6,8H,7H2,1-3H3,(H,17,18). The summed E-state index contributed by atoms with van der Waals surface area (Å²) in [6.07, 6.45) is 1.58. The second-order valence-corrected chi connectivity index (χ2v) is 4.54. The Morgan fingerprint density at radius 3 is 2.61 bits per heavy atom. The summed E-state index contributed by atoms with van der Waals surface area (Å²) in [5.41, 5.74) is 3.71. The van der Waals surface area contributed by atoms with E-state index in [0.717, 1.165) is 0 Å². The van der Waals surface area contributed by atoms with Crippen molar-refractivity contribution < 1.29 is 9.90 Å². The summed E-state index contributed by atoms with van der Waals surface area (Å²) in [4.78, 5) is 14.9. The third-order valence-corrected chi connectivity index (χ3v) is 3.03. The van der Waals surface area contributed by atoms with Gasteiger partial charge in [0, 0.05) is 12.7 Å². The van der Waals surface area contributed by atoms with Crippen LogP contribution in [0.1, 0.15) is 33.0 Å². The zero-order valence-electron chi connectivity index (χ0n) is 10.8. The number of aryl methyl sites for hydroxylation is 3. The lowest BCUT2D eigenvalue weighted by Gasteiger charge is -2.09. The SMILES string of the molecule is Cc1ccc(Cn2cc(C(=O)O)nc2C)c(C)c1. The second-order valence-electron chi connectivity index (χ2n) is 4.54. The van der Waals surface area contributed by atoms with Gasteiger partial charge in [0.15, 0.2) is 5.69 Å². The fraction of sp³-hybridized carbons (Fsp3) is 0.286. The number of benzene rings is 1. The number of hydrogen-bond donors (Lipinski definition) is 1. The number of nitrogens with zero attached hydrogens (tertiary/aromatic N) is 2. The van der Waals surface area contributed by atoms with Crippen molar-refractivity contribution in [1.82, 2.24) is 9.55 Å². The number of aromatic carboxylic acids is 1. The minimum atomic E-state index is -0.988. The van der Waals surface area contributed by atoms with Crippen LogP contribution in [0.3, 0.4) is 0 Å². The van der Waals surface area contributed by atoms with E-state index in [-0.39, 0.29) is 5.69 Å². The molecular weight excluding hydrogens is 228 g/mol. The Hall–Kier alpha value is -2.10. The number of imidazole rings is 1. The average molecular weight is 244 g/mol. The minimum absolute atomic E-state index is 0.0947. The summed E-state index contributed by atoms with van der Waals surface area (Å²) in [5.74, 6) is -0.273. The maximum atomic E-state index is 10.9. The first-order valence-electron chi connectivity index (χ1n) is 5.80. The molecule has 4 nitrogen and oxygen atoms in total. The van der Waals surface area contributed by atoms with Crippen molar-refractivity contribution in [2.24, 2.45) is 0 Å². The highest BCUT2D eigenvalue weighted by atomic mass is 16.4. The van der Waals surface area contributed by atoms with Gasteiger partial charge in [-0.15, -0.1) is 0 Å². The van der Waals surface area contributed by atoms with Crippen LogP contribution in [0.15, 0.2) is 24.4 Å². The van der Waals surface area contributed by atoms with Gasteiger partial charge in [-0.25, -0.2) is 9.78 Å². The molecule has 0 aliphatic rings. The van der Waals surface area contributed by atoms with E-state index in [1.54, 1.807) is 6.20 Å². The van der Waals surface area contributed by atoms with Gasteiger partial charge in [0.25, 0.3) is 0 Å². The molecule has 1 N–H and O–H groups in total. The first kappa shape index (κ1) is 12.4. The largest absolute Gasteiger partial charge is 0.476 e. The molecule has 0 saturated carbocycles. The molecule has 4 heteroatoms. The van der Waals surface area contributed by atoms with Crippen LogP contribution in [0, 0.1) is 20.8 Å². The van der Waals surface area contributed by atoms with Crippen LogP contribution in [0.5, 0.6) is 0 Å². The normalized spacial score (nSPS) is 10.6. The molecule has 0 bridgehead atoms. The fourth-order valence-corrected chi connectivity index (χ4v) is 1.98. The molecule has 0 amide bonds. The molecule has 0 spiro atoms. The first-order valence-corrected chi connectivity index (χ1v) is 5.80. The Labute approximate surface area is 106 Å². The maximum Gasteiger partial charge on any atom is 0.356 e. The number of carboxylic acid groups (broad SMARTS) is 1. The van der Waals surface area contributed by atoms with Crippen LogP contribution in [0.2, 0.25) is 0 Å². The quantitative estimate of drug-likeness (QED) is 0.902. The Bertz CT molecular complexity index is 600. The van der Waals surface area contributed by atoms with Crippen molar-refractivity contribution in [2.75, 3.05) is 0 Å². The van der Waals surface area contributed by atoms with E-state index < -0.39 is 5.97 Å². The highest BCUT2D eigenvalue weighted by Gasteiger charge is 2.11. The van der Waals surface area contributed by atoms with Crippen molar-refractivity contribution >= 4 is 5.97 Å². The van der Waals surface area contributed by atoms with Crippen LogP contribution in [-0.4, -0.2) is 20.6 Å². The molecule has 1 aromatic heterocycles. The van der Waals surface area contributed by atoms with Crippen LogP contribution < -0.4 is 0 Å². The molecule has 1 heterocycles. The second kappa shape index (κ2) is 4.64. The molecule has 0 aliphatic heterocycles. The fourth-order valence-electron chi connectivity index (χ4n) is 1.98. The molecule has 2 aromatic rings. The molecular formula is C14H16N2O2. The van der Waals surface area contributed by atoms with Crippen LogP contribution in [0.4, 0.5) is 0 Å². The number of carboxylic acids is 1. The molecule has 1 aromatic carbocycles. The average Bonchev–Trinajstić information content (AvgIpc) is 2.64. The molecule has 0 unspecified atom stereocenters. The summed E-state index contributed by atoms with van der Waals surface area (Å²) in [6.45, 7) is 6.59. The van der Waals surface area contributed by atoms with E-state index in [9.17, 15) is 4.79 Å². The van der Waals surface area contributed by atoms with E-state index in [1.165, 1.54) is 16.7 Å². The van der Waals surface area contributed by atoms with Gasteiger partial charge in [-0.3, -0.25) is 0 Å². The summed E-state index contributed by atoms with van der Waals surface area (Å²) in [5, 5.41) is 8.90. The Kier molecular flexibility index (Phi) is 3.19. The predicted octanol–water partition coefficient (Wildman–Crippen LogP) is 2.55. The lowest BCUT2D eigenvalue weighted by Crippen LogP contribution is -2.02. The summed E-state index contributed by atoms with van der Waals surface area (Å²) >= 11 is 0. The monoisotopic (exact) mass is 244 g/mol. The van der Waals surface area contributed by atoms with E-state index in [2.05, 4.69) is 37.0 Å². The van der Waals surface area contributed by atoms with Gasteiger partial charge in [0.05, 0.1) is 0 Å². The van der Waals surface area contributed by atoms with Crippen molar-refractivity contribution in [2.45, 2.75) is 27.3 Å². The van der Waals surface area contributed by atoms with Gasteiger partial charge in [-0.1, -0.05) is 23.8 Å². The zero-order valence-corrected chi connectivity index (χ0v) is 10.8. The summed E-state index contributed by atoms with van der Waals surface area (Å²) in [7, 11) is 0. The van der Waals surface area contributed by atoms with E-state index >= 15 is 0 Å². The molecule has 0 saturated heterocycles. The third kappa shape index (κ3) is 2.42. The van der Waals surface area contributed by atoms with Crippen LogP contribution in [0.25, 0.3) is 0 Å². The minimum Gasteiger partial charge on any atom is -0.476 e. The number of carbonyl (C=O) groups is 1. The lowest BCUT2D eigenvalue weighted by molar-refractivity contribution is 0.0691. The summed E-state index contributed by atoms with van der Waals surface area (Å²) in [6, 6.07) is 6.26. The van der Waals surface area contributed by atoms with Gasteiger partial charge < -0.3 is 9.67 Å². The molecule has 0 atom stereocenters. The maximum absolute atomic E-state index is 10.9.